The first-order valence-electron chi connectivity index (χ1n) is 4.41. The second kappa shape index (κ2) is 5.50. The van der Waals surface area contributed by atoms with Crippen LogP contribution in [0.25, 0.3) is 0 Å². The van der Waals surface area contributed by atoms with Crippen LogP contribution in [0.1, 0.15) is 21.5 Å². The molecule has 0 aliphatic rings. The van der Waals surface area contributed by atoms with Gasteiger partial charge >= 0.3 is 11.5 Å². The molecule has 0 heterocycles. The summed E-state index contributed by atoms with van der Waals surface area (Å²) in [7, 11) is 0. The Hall–Kier alpha value is -1.39. The number of nitrogens with zero attached hydrogens (tertiary/aromatic N) is 1. The van der Waals surface area contributed by atoms with E-state index >= 15 is 0 Å². The van der Waals surface area contributed by atoms with E-state index in [0.29, 0.717) is 0 Å². The summed E-state index contributed by atoms with van der Waals surface area (Å²) >= 11 is 4.93. The monoisotopic (exact) mass is 295 g/mol. The third-order valence-corrected chi connectivity index (χ3v) is 3.03. The first-order chi connectivity index (χ1) is 8.30. The quantitative estimate of drug-likeness (QED) is 0.683. The van der Waals surface area contributed by atoms with Crippen molar-refractivity contribution >= 4 is 29.3 Å². The van der Waals surface area contributed by atoms with Gasteiger partial charge in [-0.1, -0.05) is 6.07 Å². The first kappa shape index (κ1) is 14.7. The van der Waals surface area contributed by atoms with Gasteiger partial charge in [0.25, 0.3) is 0 Å². The molecule has 18 heavy (non-hydrogen) atoms. The van der Waals surface area contributed by atoms with Crippen molar-refractivity contribution < 1.29 is 23.1 Å². The van der Waals surface area contributed by atoms with E-state index in [2.05, 4.69) is 0 Å². The maximum absolute atomic E-state index is 12.3. The van der Waals surface area contributed by atoms with Crippen LogP contribution in [0.5, 0.6) is 0 Å². The summed E-state index contributed by atoms with van der Waals surface area (Å²) in [5.74, 6) is -1.74. The molecule has 0 aliphatic carbocycles. The van der Waals surface area contributed by atoms with Crippen LogP contribution in [0.15, 0.2) is 17.0 Å². The van der Waals surface area contributed by atoms with Gasteiger partial charge in [0.2, 0.25) is 0 Å². The standard InChI is InChI=1S/C10H5ClF3NO2S/c11-3-5-1-2-7(18-10(12,13)14)8(9(16)17)6(5)4-15/h1-2H,3H2,(H,16,17). The van der Waals surface area contributed by atoms with Crippen LogP contribution in [-0.4, -0.2) is 16.6 Å². The Balaban J connectivity index is 3.46. The average molecular weight is 296 g/mol. The van der Waals surface area contributed by atoms with Gasteiger partial charge in [-0.15, -0.1) is 11.6 Å². The zero-order valence-corrected chi connectivity index (χ0v) is 10.2. The number of rotatable bonds is 3. The van der Waals surface area contributed by atoms with Gasteiger partial charge in [0.1, 0.15) is 6.07 Å². The Morgan fingerprint density at radius 3 is 2.50 bits per heavy atom. The van der Waals surface area contributed by atoms with Crippen molar-refractivity contribution in [3.05, 3.63) is 28.8 Å². The summed E-state index contributed by atoms with van der Waals surface area (Å²) in [4.78, 5) is 10.5. The van der Waals surface area contributed by atoms with Crippen molar-refractivity contribution in [3.63, 3.8) is 0 Å². The van der Waals surface area contributed by atoms with E-state index in [1.54, 1.807) is 6.07 Å². The van der Waals surface area contributed by atoms with Gasteiger partial charge in [0.05, 0.1) is 11.1 Å². The number of carboxylic acid groups (broad SMARTS) is 1. The first-order valence-corrected chi connectivity index (χ1v) is 5.76. The van der Waals surface area contributed by atoms with E-state index in [9.17, 15) is 18.0 Å². The molecule has 1 N–H and O–H groups in total. The fourth-order valence-electron chi connectivity index (χ4n) is 1.29. The molecule has 96 valence electrons. The highest BCUT2D eigenvalue weighted by atomic mass is 35.5. The van der Waals surface area contributed by atoms with Crippen LogP contribution >= 0.6 is 23.4 Å². The van der Waals surface area contributed by atoms with Gasteiger partial charge < -0.3 is 5.11 Å². The second-order valence-corrected chi connectivity index (χ2v) is 4.45. The lowest BCUT2D eigenvalue weighted by atomic mass is 10.0. The summed E-state index contributed by atoms with van der Waals surface area (Å²) in [6.45, 7) is 0. The Bertz CT molecular complexity index is 525. The molecular weight excluding hydrogens is 291 g/mol. The zero-order valence-electron chi connectivity index (χ0n) is 8.58. The Kier molecular flexibility index (Phi) is 4.48. The summed E-state index contributed by atoms with van der Waals surface area (Å²) in [5.41, 5.74) is -5.45. The van der Waals surface area contributed by atoms with Crippen molar-refractivity contribution in [2.24, 2.45) is 0 Å². The average Bonchev–Trinajstić information content (AvgIpc) is 2.25. The molecule has 0 radical (unpaired) electrons. The van der Waals surface area contributed by atoms with Gasteiger partial charge in [-0.25, -0.2) is 4.79 Å². The summed E-state index contributed by atoms with van der Waals surface area (Å²) in [5, 5.41) is 17.8. The topological polar surface area (TPSA) is 61.1 Å². The Morgan fingerprint density at radius 1 is 1.50 bits per heavy atom. The number of nitriles is 1. The van der Waals surface area contributed by atoms with Gasteiger partial charge in [0, 0.05) is 10.8 Å². The number of thioether (sulfide) groups is 1. The maximum Gasteiger partial charge on any atom is 0.446 e. The van der Waals surface area contributed by atoms with Crippen LogP contribution in [-0.2, 0) is 5.88 Å². The van der Waals surface area contributed by atoms with E-state index in [0.717, 1.165) is 6.07 Å². The molecule has 0 aliphatic heterocycles. The predicted molar refractivity (Wildman–Crippen MR) is 59.6 cm³/mol. The normalized spacial score (nSPS) is 11.1. The lowest BCUT2D eigenvalue weighted by Gasteiger charge is -2.11. The third kappa shape index (κ3) is 3.31. The minimum atomic E-state index is -4.63. The molecule has 0 saturated heterocycles. The van der Waals surface area contributed by atoms with Crippen molar-refractivity contribution in [3.8, 4) is 6.07 Å². The minimum Gasteiger partial charge on any atom is -0.478 e. The summed E-state index contributed by atoms with van der Waals surface area (Å²) in [6, 6.07) is 3.79. The van der Waals surface area contributed by atoms with Gasteiger partial charge in [-0.05, 0) is 23.4 Å². The van der Waals surface area contributed by atoms with Gasteiger partial charge in [0.15, 0.2) is 0 Å². The van der Waals surface area contributed by atoms with E-state index in [1.807, 2.05) is 0 Å². The SMILES string of the molecule is N#Cc1c(CCl)ccc(SC(F)(F)F)c1C(=O)O. The minimum absolute atomic E-state index is 0.153. The van der Waals surface area contributed by atoms with E-state index in [1.165, 1.54) is 6.07 Å². The largest absolute Gasteiger partial charge is 0.478 e. The van der Waals surface area contributed by atoms with Crippen LogP contribution in [0.2, 0.25) is 0 Å². The zero-order chi connectivity index (χ0) is 13.9. The molecule has 0 amide bonds. The number of carbonyl (C=O) groups is 1. The van der Waals surface area contributed by atoms with E-state index < -0.39 is 33.7 Å². The molecule has 1 aromatic rings. The van der Waals surface area contributed by atoms with Crippen LogP contribution < -0.4 is 0 Å². The Morgan fingerprint density at radius 2 is 2.11 bits per heavy atom. The van der Waals surface area contributed by atoms with Crippen LogP contribution in [0.3, 0.4) is 0 Å². The summed E-state index contributed by atoms with van der Waals surface area (Å²) in [6.07, 6.45) is 0. The van der Waals surface area contributed by atoms with Crippen molar-refractivity contribution in [1.29, 1.82) is 5.26 Å². The molecule has 0 fully saturated rings. The molecule has 0 atom stereocenters. The maximum atomic E-state index is 12.3. The lowest BCUT2D eigenvalue weighted by Crippen LogP contribution is -2.08. The predicted octanol–water partition coefficient (Wildman–Crippen LogP) is 3.61. The molecule has 0 unspecified atom stereocenters. The number of hydrogen-bond acceptors (Lipinski definition) is 3. The molecule has 0 saturated carbocycles. The summed E-state index contributed by atoms with van der Waals surface area (Å²) < 4.78 is 36.8. The van der Waals surface area contributed by atoms with E-state index in [-0.39, 0.29) is 17.0 Å². The highest BCUT2D eigenvalue weighted by molar-refractivity contribution is 8.00. The molecule has 0 aromatic heterocycles. The fraction of sp³-hybridized carbons (Fsp3) is 0.200. The van der Waals surface area contributed by atoms with Crippen LogP contribution in [0.4, 0.5) is 13.2 Å². The van der Waals surface area contributed by atoms with E-state index in [4.69, 9.17) is 22.0 Å². The highest BCUT2D eigenvalue weighted by Crippen LogP contribution is 2.40. The number of benzene rings is 1. The second-order valence-electron chi connectivity index (χ2n) is 3.07. The number of hydrogen-bond donors (Lipinski definition) is 1. The lowest BCUT2D eigenvalue weighted by molar-refractivity contribution is -0.0328. The van der Waals surface area contributed by atoms with Gasteiger partial charge in [-0.2, -0.15) is 18.4 Å². The smallest absolute Gasteiger partial charge is 0.446 e. The molecule has 8 heteroatoms. The molecule has 1 rings (SSSR count). The molecule has 1 aromatic carbocycles. The van der Waals surface area contributed by atoms with Crippen molar-refractivity contribution in [1.82, 2.24) is 0 Å². The number of carboxylic acids is 1. The highest BCUT2D eigenvalue weighted by Gasteiger charge is 2.32. The number of alkyl halides is 4. The molecular formula is C10H5ClF3NO2S. The third-order valence-electron chi connectivity index (χ3n) is 1.95. The molecule has 0 spiro atoms. The molecule has 3 nitrogen and oxygen atoms in total. The van der Waals surface area contributed by atoms with Gasteiger partial charge in [-0.3, -0.25) is 0 Å². The van der Waals surface area contributed by atoms with Crippen molar-refractivity contribution in [2.45, 2.75) is 16.3 Å². The van der Waals surface area contributed by atoms with Crippen molar-refractivity contribution in [2.75, 3.05) is 0 Å². The fourth-order valence-corrected chi connectivity index (χ4v) is 2.19. The number of aromatic carboxylic acids is 1. The van der Waals surface area contributed by atoms with Crippen LogP contribution in [0, 0.1) is 11.3 Å². The molecule has 0 bridgehead atoms. The Labute approximate surface area is 109 Å². The number of halogens is 4.